The van der Waals surface area contributed by atoms with Gasteiger partial charge in [-0.15, -0.1) is 0 Å². The van der Waals surface area contributed by atoms with Gasteiger partial charge in [0.15, 0.2) is 0 Å². The predicted octanol–water partition coefficient (Wildman–Crippen LogP) is 3.67. The molecule has 1 aliphatic rings. The number of rotatable bonds is 7. The summed E-state index contributed by atoms with van der Waals surface area (Å²) in [7, 11) is 0. The summed E-state index contributed by atoms with van der Waals surface area (Å²) < 4.78 is 5.93. The number of benzene rings is 2. The fourth-order valence-corrected chi connectivity index (χ4v) is 3.20. The third-order valence-corrected chi connectivity index (χ3v) is 4.77. The summed E-state index contributed by atoms with van der Waals surface area (Å²) >= 11 is 0. The lowest BCUT2D eigenvalue weighted by Gasteiger charge is -2.16. The average molecular weight is 397 g/mol. The monoisotopic (exact) mass is 397 g/mol. The van der Waals surface area contributed by atoms with Crippen molar-refractivity contribution in [2.24, 2.45) is 0 Å². The molecule has 0 aliphatic heterocycles. The highest BCUT2D eigenvalue weighted by Gasteiger charge is 2.19. The topological polar surface area (TPSA) is 111 Å². The smallest absolute Gasteiger partial charge is 0.270 e. The molecule has 2 N–H and O–H groups in total. The fraction of sp³-hybridized carbons (Fsp3) is 0.333. The van der Waals surface area contributed by atoms with Crippen LogP contribution in [-0.4, -0.2) is 28.9 Å². The first-order chi connectivity index (χ1) is 13.9. The number of hydrogen-bond donors (Lipinski definition) is 2. The van der Waals surface area contributed by atoms with Crippen LogP contribution in [-0.2, 0) is 4.79 Å². The number of carbonyl (C=O) groups excluding carboxylic acids is 2. The molecular formula is C21H23N3O5. The van der Waals surface area contributed by atoms with Gasteiger partial charge in [0.1, 0.15) is 11.8 Å². The van der Waals surface area contributed by atoms with E-state index in [0.29, 0.717) is 11.4 Å². The van der Waals surface area contributed by atoms with Crippen molar-refractivity contribution in [2.75, 3.05) is 5.32 Å². The lowest BCUT2D eigenvalue weighted by atomic mass is 10.1. The number of nitro groups is 1. The van der Waals surface area contributed by atoms with Gasteiger partial charge in [-0.25, -0.2) is 0 Å². The molecule has 8 nitrogen and oxygen atoms in total. The zero-order chi connectivity index (χ0) is 20.8. The molecule has 1 saturated carbocycles. The van der Waals surface area contributed by atoms with Gasteiger partial charge in [-0.3, -0.25) is 19.7 Å². The summed E-state index contributed by atoms with van der Waals surface area (Å²) in [6.07, 6.45) is 4.63. The van der Waals surface area contributed by atoms with Gasteiger partial charge >= 0.3 is 0 Å². The van der Waals surface area contributed by atoms with Gasteiger partial charge in [0.05, 0.1) is 11.0 Å². The number of nitro benzene ring substituents is 1. The van der Waals surface area contributed by atoms with Crippen molar-refractivity contribution in [1.29, 1.82) is 0 Å². The number of anilines is 1. The van der Waals surface area contributed by atoms with Crippen molar-refractivity contribution in [3.8, 4) is 5.75 Å². The van der Waals surface area contributed by atoms with E-state index >= 15 is 0 Å². The molecule has 2 amide bonds. The number of non-ortho nitro benzene ring substituents is 1. The third kappa shape index (κ3) is 5.54. The average Bonchev–Trinajstić information content (AvgIpc) is 3.21. The van der Waals surface area contributed by atoms with Gasteiger partial charge in [0.25, 0.3) is 11.6 Å². The van der Waals surface area contributed by atoms with Crippen LogP contribution in [0, 0.1) is 10.1 Å². The Kier molecular flexibility index (Phi) is 6.43. The highest BCUT2D eigenvalue weighted by molar-refractivity contribution is 6.01. The Bertz CT molecular complexity index is 909. The maximum atomic E-state index is 12.4. The molecule has 2 aromatic rings. The highest BCUT2D eigenvalue weighted by atomic mass is 16.6. The fourth-order valence-electron chi connectivity index (χ4n) is 3.20. The van der Waals surface area contributed by atoms with Crippen LogP contribution in [0.5, 0.6) is 5.75 Å². The van der Waals surface area contributed by atoms with Gasteiger partial charge in [-0.1, -0.05) is 12.1 Å². The van der Waals surface area contributed by atoms with E-state index in [1.165, 1.54) is 37.1 Å². The molecule has 152 valence electrons. The van der Waals surface area contributed by atoms with Crippen LogP contribution in [0.2, 0.25) is 0 Å². The van der Waals surface area contributed by atoms with Crippen molar-refractivity contribution in [3.05, 3.63) is 64.2 Å². The Balaban J connectivity index is 1.58. The van der Waals surface area contributed by atoms with E-state index < -0.39 is 22.8 Å². The number of nitrogens with one attached hydrogen (secondary N) is 2. The zero-order valence-electron chi connectivity index (χ0n) is 16.1. The van der Waals surface area contributed by atoms with Gasteiger partial charge in [-0.05, 0) is 50.8 Å². The van der Waals surface area contributed by atoms with Crippen LogP contribution in [0.4, 0.5) is 11.4 Å². The minimum absolute atomic E-state index is 0.116. The summed E-state index contributed by atoms with van der Waals surface area (Å²) in [6.45, 7) is 1.55. The Morgan fingerprint density at radius 2 is 1.86 bits per heavy atom. The maximum absolute atomic E-state index is 12.4. The van der Waals surface area contributed by atoms with Crippen LogP contribution < -0.4 is 15.4 Å². The van der Waals surface area contributed by atoms with Crippen molar-refractivity contribution in [3.63, 3.8) is 0 Å². The van der Waals surface area contributed by atoms with E-state index in [9.17, 15) is 19.7 Å². The molecule has 1 aliphatic carbocycles. The summed E-state index contributed by atoms with van der Waals surface area (Å²) in [5, 5.41) is 16.1. The van der Waals surface area contributed by atoms with Crippen molar-refractivity contribution >= 4 is 23.2 Å². The Morgan fingerprint density at radius 1 is 1.14 bits per heavy atom. The molecule has 0 spiro atoms. The maximum Gasteiger partial charge on any atom is 0.270 e. The molecule has 29 heavy (non-hydrogen) atoms. The van der Waals surface area contributed by atoms with Crippen LogP contribution in [0.1, 0.15) is 43.0 Å². The number of amides is 2. The largest absolute Gasteiger partial charge is 0.490 e. The molecule has 0 bridgehead atoms. The molecule has 0 radical (unpaired) electrons. The first kappa shape index (κ1) is 20.3. The summed E-state index contributed by atoms with van der Waals surface area (Å²) in [6, 6.07) is 11.7. The van der Waals surface area contributed by atoms with E-state index in [1.807, 2.05) is 6.07 Å². The number of hydrogen-bond acceptors (Lipinski definition) is 5. The number of nitrogens with zero attached hydrogens (tertiary/aromatic N) is 1. The van der Waals surface area contributed by atoms with Gasteiger partial charge in [0, 0.05) is 29.4 Å². The lowest BCUT2D eigenvalue weighted by Crippen LogP contribution is -2.41. The quantitative estimate of drug-likeness (QED) is 0.547. The Morgan fingerprint density at radius 3 is 2.59 bits per heavy atom. The van der Waals surface area contributed by atoms with Gasteiger partial charge in [0.2, 0.25) is 5.91 Å². The molecular weight excluding hydrogens is 374 g/mol. The Labute approximate surface area is 168 Å². The standard InChI is InChI=1S/C21H23N3O5/c1-14(22-21(26)15-6-4-8-17(12-15)24(27)28)20(25)23-16-7-5-11-19(13-16)29-18-9-2-3-10-18/h4-8,11-14,18H,2-3,9-10H2,1H3,(H,22,26)(H,23,25). The Hall–Kier alpha value is -3.42. The summed E-state index contributed by atoms with van der Waals surface area (Å²) in [4.78, 5) is 35.0. The molecule has 0 aromatic heterocycles. The molecule has 0 saturated heterocycles. The van der Waals surface area contributed by atoms with E-state index in [2.05, 4.69) is 10.6 Å². The predicted molar refractivity (Wildman–Crippen MR) is 108 cm³/mol. The first-order valence-corrected chi connectivity index (χ1v) is 9.55. The van der Waals surface area contributed by atoms with E-state index in [0.717, 1.165) is 12.8 Å². The minimum Gasteiger partial charge on any atom is -0.490 e. The van der Waals surface area contributed by atoms with Crippen LogP contribution >= 0.6 is 0 Å². The number of carbonyl (C=O) groups is 2. The minimum atomic E-state index is -0.832. The van der Waals surface area contributed by atoms with Crippen LogP contribution in [0.3, 0.4) is 0 Å². The van der Waals surface area contributed by atoms with Crippen molar-refractivity contribution in [2.45, 2.75) is 44.8 Å². The molecule has 0 heterocycles. The molecule has 3 rings (SSSR count). The van der Waals surface area contributed by atoms with Crippen molar-refractivity contribution in [1.82, 2.24) is 5.32 Å². The van der Waals surface area contributed by atoms with Gasteiger partial charge in [-0.2, -0.15) is 0 Å². The second-order valence-corrected chi connectivity index (χ2v) is 7.04. The zero-order valence-corrected chi connectivity index (χ0v) is 16.1. The van der Waals surface area contributed by atoms with E-state index in [-0.39, 0.29) is 17.4 Å². The van der Waals surface area contributed by atoms with E-state index in [1.54, 1.807) is 25.1 Å². The summed E-state index contributed by atoms with van der Waals surface area (Å²) in [5.74, 6) is -0.264. The van der Waals surface area contributed by atoms with Crippen molar-refractivity contribution < 1.29 is 19.2 Å². The number of ether oxygens (including phenoxy) is 1. The molecule has 1 fully saturated rings. The second kappa shape index (κ2) is 9.18. The normalized spacial score (nSPS) is 14.8. The van der Waals surface area contributed by atoms with Gasteiger partial charge < -0.3 is 15.4 Å². The lowest BCUT2D eigenvalue weighted by molar-refractivity contribution is -0.384. The SMILES string of the molecule is CC(NC(=O)c1cccc([N+](=O)[O-])c1)C(=O)Nc1cccc(OC2CCCC2)c1. The molecule has 1 atom stereocenters. The summed E-state index contributed by atoms with van der Waals surface area (Å²) in [5.41, 5.74) is 0.501. The molecule has 1 unspecified atom stereocenters. The molecule has 2 aromatic carbocycles. The highest BCUT2D eigenvalue weighted by Crippen LogP contribution is 2.25. The third-order valence-electron chi connectivity index (χ3n) is 4.77. The molecule has 8 heteroatoms. The van der Waals surface area contributed by atoms with E-state index in [4.69, 9.17) is 4.74 Å². The first-order valence-electron chi connectivity index (χ1n) is 9.55. The second-order valence-electron chi connectivity index (χ2n) is 7.04. The van der Waals surface area contributed by atoms with Crippen LogP contribution in [0.15, 0.2) is 48.5 Å². The van der Waals surface area contributed by atoms with Crippen LogP contribution in [0.25, 0.3) is 0 Å².